The van der Waals surface area contributed by atoms with Gasteiger partial charge in [0.05, 0.1) is 37.4 Å². The third-order valence-electron chi connectivity index (χ3n) is 6.02. The first-order valence-electron chi connectivity index (χ1n) is 11.6. The van der Waals surface area contributed by atoms with Crippen molar-refractivity contribution in [2.45, 2.75) is 26.3 Å². The fourth-order valence-electron chi connectivity index (χ4n) is 4.06. The highest BCUT2D eigenvalue weighted by Crippen LogP contribution is 2.47. The molecule has 7 nitrogen and oxygen atoms in total. The van der Waals surface area contributed by atoms with E-state index < -0.39 is 12.0 Å². The smallest absolute Gasteiger partial charge is 0.338 e. The second kappa shape index (κ2) is 10.8. The Bertz CT molecular complexity index is 1190. The lowest BCUT2D eigenvalue weighted by atomic mass is 9.91. The van der Waals surface area contributed by atoms with E-state index in [0.717, 1.165) is 27.7 Å². The number of aliphatic imine (C=N–C) groups is 1. The quantitative estimate of drug-likeness (QED) is 0.492. The average molecular weight is 492 g/mol. The number of thioether (sulfide) groups is 1. The Hall–Kier alpha value is -3.52. The Morgan fingerprint density at radius 2 is 1.80 bits per heavy atom. The topological polar surface area (TPSA) is 71.4 Å². The largest absolute Gasteiger partial charge is 0.497 e. The van der Waals surface area contributed by atoms with Crippen molar-refractivity contribution in [1.82, 2.24) is 9.80 Å². The van der Waals surface area contributed by atoms with Crippen molar-refractivity contribution in [2.24, 2.45) is 4.99 Å². The molecule has 0 spiro atoms. The second-order valence-corrected chi connectivity index (χ2v) is 8.94. The summed E-state index contributed by atoms with van der Waals surface area (Å²) in [6.45, 7) is 4.59. The predicted molar refractivity (Wildman–Crippen MR) is 139 cm³/mol. The van der Waals surface area contributed by atoms with Crippen LogP contribution in [0.2, 0.25) is 0 Å². The van der Waals surface area contributed by atoms with E-state index in [0.29, 0.717) is 17.8 Å². The molecule has 1 atom stereocenters. The molecule has 4 rings (SSSR count). The first-order valence-corrected chi connectivity index (χ1v) is 12.4. The van der Waals surface area contributed by atoms with Gasteiger partial charge in [0.2, 0.25) is 5.91 Å². The number of benzene rings is 2. The number of methoxy groups -OCH3 is 1. The van der Waals surface area contributed by atoms with Gasteiger partial charge in [0, 0.05) is 24.9 Å². The molecule has 0 unspecified atom stereocenters. The van der Waals surface area contributed by atoms with Gasteiger partial charge in [-0.3, -0.25) is 4.79 Å². The highest BCUT2D eigenvalue weighted by atomic mass is 32.2. The molecule has 0 aromatic heterocycles. The van der Waals surface area contributed by atoms with Gasteiger partial charge in [0.1, 0.15) is 5.75 Å². The Morgan fingerprint density at radius 1 is 1.09 bits per heavy atom. The standard InChI is InChI=1S/C27H29N3O4S/c1-5-29(3)22(31)16-20-17-35-27-28-24(18-10-8-7-9-11-18)23(26(32)34-6-2)25(30(20)27)19-12-14-21(33-4)15-13-19/h7-15,17,25H,5-6,16H2,1-4H3/t25-/m0/s1. The van der Waals surface area contributed by atoms with Crippen LogP contribution in [-0.4, -0.2) is 54.2 Å². The van der Waals surface area contributed by atoms with Crippen LogP contribution in [-0.2, 0) is 14.3 Å². The molecule has 2 aliphatic heterocycles. The molecule has 2 aliphatic rings. The van der Waals surface area contributed by atoms with E-state index in [4.69, 9.17) is 14.5 Å². The molecule has 0 saturated heterocycles. The van der Waals surface area contributed by atoms with E-state index in [1.54, 1.807) is 26.0 Å². The van der Waals surface area contributed by atoms with Crippen molar-refractivity contribution in [3.63, 3.8) is 0 Å². The molecule has 2 aromatic carbocycles. The summed E-state index contributed by atoms with van der Waals surface area (Å²) in [5.74, 6) is 0.294. The van der Waals surface area contributed by atoms with E-state index in [2.05, 4.69) is 0 Å². The van der Waals surface area contributed by atoms with Gasteiger partial charge < -0.3 is 19.3 Å². The molecule has 0 fully saturated rings. The summed E-state index contributed by atoms with van der Waals surface area (Å²) in [4.78, 5) is 34.9. The van der Waals surface area contributed by atoms with Crippen molar-refractivity contribution in [1.29, 1.82) is 0 Å². The SMILES string of the molecule is CCOC(=O)C1=C(c2ccccc2)N=C2SC=C(CC(=O)N(C)CC)N2[C@H]1c1ccc(OC)cc1. The maximum atomic E-state index is 13.5. The van der Waals surface area contributed by atoms with Crippen LogP contribution in [0.1, 0.15) is 37.4 Å². The van der Waals surface area contributed by atoms with E-state index in [1.165, 1.54) is 11.8 Å². The number of hydrogen-bond acceptors (Lipinski definition) is 7. The number of esters is 1. The number of nitrogens with zero attached hydrogens (tertiary/aromatic N) is 3. The van der Waals surface area contributed by atoms with Crippen LogP contribution in [0, 0.1) is 0 Å². The lowest BCUT2D eigenvalue weighted by Crippen LogP contribution is -2.38. The van der Waals surface area contributed by atoms with Crippen LogP contribution >= 0.6 is 11.8 Å². The van der Waals surface area contributed by atoms with Crippen molar-refractivity contribution < 1.29 is 19.1 Å². The Labute approximate surface area is 210 Å². The predicted octanol–water partition coefficient (Wildman–Crippen LogP) is 4.84. The Balaban J connectivity index is 1.88. The van der Waals surface area contributed by atoms with Gasteiger partial charge in [-0.2, -0.15) is 0 Å². The van der Waals surface area contributed by atoms with Gasteiger partial charge in [0.25, 0.3) is 0 Å². The minimum atomic E-state index is -0.511. The first-order chi connectivity index (χ1) is 17.0. The molecule has 2 heterocycles. The van der Waals surface area contributed by atoms with E-state index in [1.807, 2.05) is 71.8 Å². The van der Waals surface area contributed by atoms with Crippen molar-refractivity contribution in [3.05, 3.63) is 82.4 Å². The van der Waals surface area contributed by atoms with Crippen molar-refractivity contribution in [2.75, 3.05) is 27.3 Å². The summed E-state index contributed by atoms with van der Waals surface area (Å²) in [6.07, 6.45) is 0.208. The molecule has 35 heavy (non-hydrogen) atoms. The second-order valence-electron chi connectivity index (χ2n) is 8.10. The fourth-order valence-corrected chi connectivity index (χ4v) is 4.97. The van der Waals surface area contributed by atoms with Gasteiger partial charge in [-0.05, 0) is 37.0 Å². The van der Waals surface area contributed by atoms with Crippen LogP contribution in [0.4, 0.5) is 0 Å². The van der Waals surface area contributed by atoms with Gasteiger partial charge in [-0.1, -0.05) is 54.2 Å². The summed E-state index contributed by atoms with van der Waals surface area (Å²) < 4.78 is 10.9. The van der Waals surface area contributed by atoms with Crippen LogP contribution in [0.3, 0.4) is 0 Å². The molecular weight excluding hydrogens is 462 g/mol. The number of rotatable bonds is 8. The van der Waals surface area contributed by atoms with Crippen LogP contribution < -0.4 is 4.74 Å². The van der Waals surface area contributed by atoms with Crippen molar-refractivity contribution in [3.8, 4) is 5.75 Å². The third-order valence-corrected chi connectivity index (χ3v) is 6.91. The fraction of sp³-hybridized carbons (Fsp3) is 0.296. The summed E-state index contributed by atoms with van der Waals surface area (Å²) in [6, 6.07) is 16.8. The maximum Gasteiger partial charge on any atom is 0.338 e. The number of carbonyl (C=O) groups excluding carboxylic acids is 2. The molecule has 0 saturated carbocycles. The minimum Gasteiger partial charge on any atom is -0.497 e. The van der Waals surface area contributed by atoms with Crippen LogP contribution in [0.15, 0.2) is 76.3 Å². The molecule has 182 valence electrons. The monoisotopic (exact) mass is 491 g/mol. The van der Waals surface area contributed by atoms with E-state index in [9.17, 15) is 9.59 Å². The molecule has 0 aliphatic carbocycles. The van der Waals surface area contributed by atoms with Crippen molar-refractivity contribution >= 4 is 34.5 Å². The zero-order chi connectivity index (χ0) is 24.9. The molecule has 1 amide bonds. The van der Waals surface area contributed by atoms with Crippen LogP contribution in [0.5, 0.6) is 5.75 Å². The highest BCUT2D eigenvalue weighted by Gasteiger charge is 2.42. The summed E-state index contributed by atoms with van der Waals surface area (Å²) in [5, 5.41) is 2.67. The number of ether oxygens (including phenoxy) is 2. The third kappa shape index (κ3) is 4.98. The van der Waals surface area contributed by atoms with Gasteiger partial charge >= 0.3 is 5.97 Å². The summed E-state index contributed by atoms with van der Waals surface area (Å²) in [5.41, 5.74) is 3.53. The number of fused-ring (bicyclic) bond motifs is 1. The Morgan fingerprint density at radius 3 is 2.43 bits per heavy atom. The van der Waals surface area contributed by atoms with Gasteiger partial charge in [-0.25, -0.2) is 9.79 Å². The molecule has 0 N–H and O–H groups in total. The summed E-state index contributed by atoms with van der Waals surface area (Å²) >= 11 is 1.46. The van der Waals surface area contributed by atoms with E-state index >= 15 is 0 Å². The van der Waals surface area contributed by atoms with Gasteiger partial charge in [-0.15, -0.1) is 0 Å². The normalized spacial score (nSPS) is 16.9. The number of carbonyl (C=O) groups is 2. The van der Waals surface area contributed by atoms with Crippen LogP contribution in [0.25, 0.3) is 5.70 Å². The number of hydrogen-bond donors (Lipinski definition) is 0. The number of amidine groups is 1. The minimum absolute atomic E-state index is 0.00426. The highest BCUT2D eigenvalue weighted by molar-refractivity contribution is 8.16. The summed E-state index contributed by atoms with van der Waals surface area (Å²) in [7, 11) is 3.40. The van der Waals surface area contributed by atoms with E-state index in [-0.39, 0.29) is 18.9 Å². The lowest BCUT2D eigenvalue weighted by molar-refractivity contribution is -0.139. The molecule has 8 heteroatoms. The molecular formula is C27H29N3O4S. The average Bonchev–Trinajstić information content (AvgIpc) is 3.29. The maximum absolute atomic E-state index is 13.5. The van der Waals surface area contributed by atoms with Gasteiger partial charge in [0.15, 0.2) is 5.17 Å². The zero-order valence-corrected chi connectivity index (χ0v) is 21.2. The number of amides is 1. The Kier molecular flexibility index (Phi) is 7.60. The molecule has 2 aromatic rings. The lowest BCUT2D eigenvalue weighted by Gasteiger charge is -2.37. The zero-order valence-electron chi connectivity index (χ0n) is 20.4. The first kappa shape index (κ1) is 24.6. The molecule has 0 radical (unpaired) electrons. The molecule has 0 bridgehead atoms.